The molecule has 0 aromatic carbocycles. The molecule has 0 aromatic heterocycles. The Morgan fingerprint density at radius 3 is 2.57 bits per heavy atom. The SMILES string of the molecule is CC(C)(O)C(C)(C)O[B]C(=NC1CCCCO1)C(Cl)=CN. The van der Waals surface area contributed by atoms with E-state index in [0.717, 1.165) is 19.3 Å². The molecule has 0 aromatic rings. The summed E-state index contributed by atoms with van der Waals surface area (Å²) in [5.74, 6) is 0. The normalized spacial score (nSPS) is 22.3. The van der Waals surface area contributed by atoms with Crippen LogP contribution in [0.25, 0.3) is 0 Å². The van der Waals surface area contributed by atoms with Crippen molar-refractivity contribution in [3.05, 3.63) is 11.2 Å². The van der Waals surface area contributed by atoms with Crippen LogP contribution >= 0.6 is 11.6 Å². The van der Waals surface area contributed by atoms with Gasteiger partial charge in [0, 0.05) is 12.8 Å². The average Bonchev–Trinajstić information content (AvgIpc) is 2.42. The summed E-state index contributed by atoms with van der Waals surface area (Å²) in [4.78, 5) is 4.44. The molecular formula is C14H25BClN2O3. The Balaban J connectivity index is 2.78. The standard InChI is InChI=1S/C14H25BClN2O3/c1-13(2,19)14(3,4)21-15-12(10(16)9-17)18-11-7-5-6-8-20-11/h9,11,19H,5-8,17H2,1-4H3. The molecule has 7 heteroatoms. The lowest BCUT2D eigenvalue weighted by Gasteiger charge is -2.37. The lowest BCUT2D eigenvalue weighted by Crippen LogP contribution is -2.49. The van der Waals surface area contributed by atoms with Gasteiger partial charge < -0.3 is 20.2 Å². The molecule has 0 aliphatic carbocycles. The summed E-state index contributed by atoms with van der Waals surface area (Å²) in [6.07, 6.45) is 4.00. The highest BCUT2D eigenvalue weighted by Crippen LogP contribution is 2.25. The van der Waals surface area contributed by atoms with Crippen molar-refractivity contribution >= 4 is 24.7 Å². The van der Waals surface area contributed by atoms with E-state index in [2.05, 4.69) is 4.99 Å². The lowest BCUT2D eigenvalue weighted by molar-refractivity contribution is -0.0890. The molecule has 1 atom stereocenters. The minimum absolute atomic E-state index is 0.229. The van der Waals surface area contributed by atoms with Gasteiger partial charge in [0.25, 0.3) is 0 Å². The predicted molar refractivity (Wildman–Crippen MR) is 86.4 cm³/mol. The predicted octanol–water partition coefficient (Wildman–Crippen LogP) is 2.14. The first-order valence-corrected chi connectivity index (χ1v) is 7.56. The number of aliphatic hydroxyl groups is 1. The molecule has 1 heterocycles. The second-order valence-corrected chi connectivity index (χ2v) is 6.56. The van der Waals surface area contributed by atoms with Crippen LogP contribution in [-0.2, 0) is 9.39 Å². The molecule has 0 spiro atoms. The molecule has 21 heavy (non-hydrogen) atoms. The van der Waals surface area contributed by atoms with Gasteiger partial charge in [-0.15, -0.1) is 0 Å². The summed E-state index contributed by atoms with van der Waals surface area (Å²) in [6.45, 7) is 7.64. The van der Waals surface area contributed by atoms with E-state index in [0.29, 0.717) is 12.2 Å². The van der Waals surface area contributed by atoms with Gasteiger partial charge >= 0.3 is 7.48 Å². The minimum atomic E-state index is -1.02. The Morgan fingerprint density at radius 1 is 1.43 bits per heavy atom. The third-order valence-electron chi connectivity index (χ3n) is 3.77. The first kappa shape index (κ1) is 18.5. The third-order valence-corrected chi connectivity index (χ3v) is 4.09. The maximum atomic E-state index is 10.1. The third kappa shape index (κ3) is 5.62. The molecule has 0 bridgehead atoms. The maximum Gasteiger partial charge on any atom is 0.353 e. The van der Waals surface area contributed by atoms with Gasteiger partial charge in [0.1, 0.15) is 6.23 Å². The molecule has 1 aliphatic heterocycles. The van der Waals surface area contributed by atoms with E-state index in [4.69, 9.17) is 26.7 Å². The smallest absolute Gasteiger partial charge is 0.353 e. The molecule has 1 unspecified atom stereocenters. The van der Waals surface area contributed by atoms with Crippen LogP contribution in [-0.4, -0.2) is 42.2 Å². The van der Waals surface area contributed by atoms with Crippen molar-refractivity contribution < 1.29 is 14.5 Å². The summed E-state index contributed by atoms with van der Waals surface area (Å²) in [7, 11) is 1.43. The topological polar surface area (TPSA) is 77.1 Å². The second-order valence-electron chi connectivity index (χ2n) is 6.16. The van der Waals surface area contributed by atoms with Crippen LogP contribution in [0.1, 0.15) is 47.0 Å². The van der Waals surface area contributed by atoms with Gasteiger partial charge in [-0.05, 0) is 47.0 Å². The molecule has 3 N–H and O–H groups in total. The van der Waals surface area contributed by atoms with Crippen LogP contribution in [0.5, 0.6) is 0 Å². The Morgan fingerprint density at radius 2 is 2.10 bits per heavy atom. The first-order valence-electron chi connectivity index (χ1n) is 7.18. The molecule has 1 aliphatic rings. The highest BCUT2D eigenvalue weighted by molar-refractivity contribution is 6.79. The summed E-state index contributed by atoms with van der Waals surface area (Å²) in [5.41, 5.74) is 4.06. The summed E-state index contributed by atoms with van der Waals surface area (Å²) in [5, 5.41) is 10.4. The molecule has 119 valence electrons. The highest BCUT2D eigenvalue weighted by atomic mass is 35.5. The molecule has 1 rings (SSSR count). The molecule has 0 amide bonds. The fraction of sp³-hybridized carbons (Fsp3) is 0.786. The first-order chi connectivity index (χ1) is 9.67. The van der Waals surface area contributed by atoms with Crippen molar-refractivity contribution in [3.63, 3.8) is 0 Å². The van der Waals surface area contributed by atoms with E-state index in [1.165, 1.54) is 13.7 Å². The monoisotopic (exact) mass is 315 g/mol. The highest BCUT2D eigenvalue weighted by Gasteiger charge is 2.36. The molecule has 1 radical (unpaired) electrons. The fourth-order valence-corrected chi connectivity index (χ4v) is 1.66. The Bertz CT molecular complexity index is 400. The van der Waals surface area contributed by atoms with E-state index >= 15 is 0 Å². The number of allylic oxidation sites excluding steroid dienone is 1. The number of nitrogens with zero attached hydrogens (tertiary/aromatic N) is 1. The number of ether oxygens (including phenoxy) is 1. The second kappa shape index (κ2) is 7.63. The van der Waals surface area contributed by atoms with E-state index in [1.54, 1.807) is 27.7 Å². The van der Waals surface area contributed by atoms with Gasteiger partial charge in [-0.3, -0.25) is 4.99 Å². The van der Waals surface area contributed by atoms with Gasteiger partial charge in [0.05, 0.1) is 21.8 Å². The zero-order chi connectivity index (χ0) is 16.1. The zero-order valence-corrected chi connectivity index (χ0v) is 14.0. The van der Waals surface area contributed by atoms with Crippen molar-refractivity contribution in [2.75, 3.05) is 6.61 Å². The van der Waals surface area contributed by atoms with Gasteiger partial charge in [-0.1, -0.05) is 11.6 Å². The van der Waals surface area contributed by atoms with Gasteiger partial charge in [0.15, 0.2) is 0 Å². The van der Waals surface area contributed by atoms with E-state index < -0.39 is 11.2 Å². The molecular weight excluding hydrogens is 290 g/mol. The van der Waals surface area contributed by atoms with Crippen LogP contribution in [0.2, 0.25) is 0 Å². The van der Waals surface area contributed by atoms with E-state index in [1.807, 2.05) is 0 Å². The Hall–Kier alpha value is -0.555. The molecule has 5 nitrogen and oxygen atoms in total. The quantitative estimate of drug-likeness (QED) is 0.581. The molecule has 0 saturated carbocycles. The number of aliphatic imine (C=N–C) groups is 1. The van der Waals surface area contributed by atoms with Crippen LogP contribution in [0.3, 0.4) is 0 Å². The zero-order valence-electron chi connectivity index (χ0n) is 13.2. The van der Waals surface area contributed by atoms with Crippen LogP contribution in [0.15, 0.2) is 16.2 Å². The van der Waals surface area contributed by atoms with Crippen molar-refractivity contribution in [2.24, 2.45) is 10.7 Å². The minimum Gasteiger partial charge on any atom is -0.425 e. The largest absolute Gasteiger partial charge is 0.425 e. The van der Waals surface area contributed by atoms with E-state index in [-0.39, 0.29) is 11.3 Å². The average molecular weight is 316 g/mol. The summed E-state index contributed by atoms with van der Waals surface area (Å²) < 4.78 is 11.2. The number of hydrogen-bond acceptors (Lipinski definition) is 5. The van der Waals surface area contributed by atoms with Gasteiger partial charge in [-0.25, -0.2) is 0 Å². The van der Waals surface area contributed by atoms with Gasteiger partial charge in [0.2, 0.25) is 0 Å². The lowest BCUT2D eigenvalue weighted by atomic mass is 9.84. The number of nitrogens with two attached hydrogens (primary N) is 1. The Labute approximate surface area is 132 Å². The van der Waals surface area contributed by atoms with Crippen LogP contribution < -0.4 is 5.73 Å². The summed E-state index contributed by atoms with van der Waals surface area (Å²) in [6, 6.07) is 0. The number of rotatable bonds is 6. The van der Waals surface area contributed by atoms with Crippen molar-refractivity contribution in [1.82, 2.24) is 0 Å². The van der Waals surface area contributed by atoms with Crippen molar-refractivity contribution in [1.29, 1.82) is 0 Å². The van der Waals surface area contributed by atoms with Crippen LogP contribution in [0.4, 0.5) is 0 Å². The van der Waals surface area contributed by atoms with Crippen LogP contribution in [0, 0.1) is 0 Å². The Kier molecular flexibility index (Phi) is 6.72. The molecule has 1 saturated heterocycles. The van der Waals surface area contributed by atoms with Crippen molar-refractivity contribution in [2.45, 2.75) is 64.4 Å². The summed E-state index contributed by atoms with van der Waals surface area (Å²) >= 11 is 6.07. The molecule has 1 fully saturated rings. The van der Waals surface area contributed by atoms with Crippen molar-refractivity contribution in [3.8, 4) is 0 Å². The number of hydrogen-bond donors (Lipinski definition) is 2. The fourth-order valence-electron chi connectivity index (χ4n) is 1.56. The maximum absolute atomic E-state index is 10.1. The number of halogens is 1. The van der Waals surface area contributed by atoms with E-state index in [9.17, 15) is 5.11 Å². The van der Waals surface area contributed by atoms with Gasteiger partial charge in [-0.2, -0.15) is 0 Å².